The van der Waals surface area contributed by atoms with Crippen LogP contribution in [0.25, 0.3) is 0 Å². The molecule has 0 saturated carbocycles. The summed E-state index contributed by atoms with van der Waals surface area (Å²) in [5, 5.41) is 3.52. The van der Waals surface area contributed by atoms with Crippen molar-refractivity contribution in [3.05, 3.63) is 112 Å². The first-order valence-electron chi connectivity index (χ1n) is 9.04. The van der Waals surface area contributed by atoms with Crippen LogP contribution >= 0.6 is 11.6 Å². The normalized spacial score (nSPS) is 10.8. The van der Waals surface area contributed by atoms with Crippen LogP contribution in [0, 0.1) is 0 Å². The number of ketones is 2. The molecule has 0 aliphatic rings. The lowest BCUT2D eigenvalue weighted by molar-refractivity contribution is 0.103. The maximum Gasteiger partial charge on any atom is 0.195 e. The molecular formula is C24H20ClNO2. The highest BCUT2D eigenvalue weighted by molar-refractivity contribution is 6.31. The molecule has 0 atom stereocenters. The second kappa shape index (κ2) is 9.16. The summed E-state index contributed by atoms with van der Waals surface area (Å²) in [5.74, 6) is -0.234. The van der Waals surface area contributed by atoms with E-state index in [-0.39, 0.29) is 11.6 Å². The first-order valence-corrected chi connectivity index (χ1v) is 9.42. The number of allylic oxidation sites excluding steroid dienone is 1. The van der Waals surface area contributed by atoms with Crippen molar-refractivity contribution in [3.8, 4) is 0 Å². The van der Waals surface area contributed by atoms with Crippen molar-refractivity contribution in [3.63, 3.8) is 0 Å². The number of benzene rings is 3. The molecule has 0 amide bonds. The van der Waals surface area contributed by atoms with E-state index in [0.29, 0.717) is 27.4 Å². The Hall–Kier alpha value is -3.17. The number of halogens is 1. The SMILES string of the molecule is CCc1ccc(C(=O)C=CNc2cc(Cl)ccc2C(=O)c2ccccc2)cc1. The van der Waals surface area contributed by atoms with E-state index in [0.717, 1.165) is 6.42 Å². The van der Waals surface area contributed by atoms with Crippen molar-refractivity contribution < 1.29 is 9.59 Å². The van der Waals surface area contributed by atoms with Gasteiger partial charge < -0.3 is 5.32 Å². The van der Waals surface area contributed by atoms with Gasteiger partial charge in [0.05, 0.1) is 5.69 Å². The minimum Gasteiger partial charge on any atom is -0.361 e. The zero-order valence-electron chi connectivity index (χ0n) is 15.5. The molecule has 4 heteroatoms. The van der Waals surface area contributed by atoms with Gasteiger partial charge in [-0.3, -0.25) is 9.59 Å². The lowest BCUT2D eigenvalue weighted by Gasteiger charge is -2.09. The molecule has 28 heavy (non-hydrogen) atoms. The Balaban J connectivity index is 1.78. The van der Waals surface area contributed by atoms with Gasteiger partial charge in [-0.1, -0.05) is 73.1 Å². The molecule has 0 aliphatic carbocycles. The zero-order chi connectivity index (χ0) is 19.9. The fourth-order valence-electron chi connectivity index (χ4n) is 2.79. The number of anilines is 1. The van der Waals surface area contributed by atoms with E-state index in [4.69, 9.17) is 11.6 Å². The highest BCUT2D eigenvalue weighted by atomic mass is 35.5. The van der Waals surface area contributed by atoms with Crippen LogP contribution in [0.3, 0.4) is 0 Å². The van der Waals surface area contributed by atoms with Gasteiger partial charge in [-0.15, -0.1) is 0 Å². The average Bonchev–Trinajstić information content (AvgIpc) is 2.74. The van der Waals surface area contributed by atoms with Crippen LogP contribution in [-0.2, 0) is 6.42 Å². The molecule has 0 aliphatic heterocycles. The van der Waals surface area contributed by atoms with Crippen LogP contribution in [0.5, 0.6) is 0 Å². The molecule has 0 bridgehead atoms. The third-order valence-electron chi connectivity index (χ3n) is 4.38. The third-order valence-corrected chi connectivity index (χ3v) is 4.62. The van der Waals surface area contributed by atoms with E-state index in [1.54, 1.807) is 30.3 Å². The second-order valence-corrected chi connectivity index (χ2v) is 6.71. The van der Waals surface area contributed by atoms with Crippen LogP contribution in [0.4, 0.5) is 5.69 Å². The number of rotatable bonds is 7. The highest BCUT2D eigenvalue weighted by Crippen LogP contribution is 2.24. The molecule has 0 spiro atoms. The maximum atomic E-state index is 12.8. The zero-order valence-corrected chi connectivity index (χ0v) is 16.2. The Morgan fingerprint density at radius 3 is 2.32 bits per heavy atom. The Bertz CT molecular complexity index is 1010. The molecule has 0 saturated heterocycles. The standard InChI is InChI=1S/C24H20ClNO2/c1-2-17-8-10-18(11-9-17)23(27)14-15-26-22-16-20(25)12-13-21(22)24(28)19-6-4-3-5-7-19/h3-16,26H,2H2,1H3. The van der Waals surface area contributed by atoms with Gasteiger partial charge in [-0.2, -0.15) is 0 Å². The van der Waals surface area contributed by atoms with Gasteiger partial charge in [0.1, 0.15) is 0 Å². The smallest absolute Gasteiger partial charge is 0.195 e. The fourth-order valence-corrected chi connectivity index (χ4v) is 2.96. The summed E-state index contributed by atoms with van der Waals surface area (Å²) in [5.41, 5.74) is 3.42. The lowest BCUT2D eigenvalue weighted by atomic mass is 10.0. The lowest BCUT2D eigenvalue weighted by Crippen LogP contribution is -2.05. The summed E-state index contributed by atoms with van der Waals surface area (Å²) < 4.78 is 0. The summed E-state index contributed by atoms with van der Waals surface area (Å²) in [7, 11) is 0. The summed E-state index contributed by atoms with van der Waals surface area (Å²) in [6.07, 6.45) is 3.90. The van der Waals surface area contributed by atoms with E-state index in [2.05, 4.69) is 12.2 Å². The van der Waals surface area contributed by atoms with E-state index < -0.39 is 0 Å². The second-order valence-electron chi connectivity index (χ2n) is 6.28. The minimum atomic E-state index is -0.117. The Morgan fingerprint density at radius 2 is 1.64 bits per heavy atom. The topological polar surface area (TPSA) is 46.2 Å². The number of carbonyl (C=O) groups excluding carboxylic acids is 2. The Kier molecular flexibility index (Phi) is 6.41. The van der Waals surface area contributed by atoms with Crippen molar-refractivity contribution in [2.24, 2.45) is 0 Å². The molecule has 0 radical (unpaired) electrons. The maximum absolute atomic E-state index is 12.8. The molecule has 1 N–H and O–H groups in total. The van der Waals surface area contributed by atoms with E-state index in [1.807, 2.05) is 42.5 Å². The van der Waals surface area contributed by atoms with Gasteiger partial charge in [-0.25, -0.2) is 0 Å². The quantitative estimate of drug-likeness (QED) is 0.401. The van der Waals surface area contributed by atoms with Crippen LogP contribution < -0.4 is 5.32 Å². The number of hydrogen-bond acceptors (Lipinski definition) is 3. The van der Waals surface area contributed by atoms with Crippen molar-refractivity contribution in [1.29, 1.82) is 0 Å². The van der Waals surface area contributed by atoms with Crippen molar-refractivity contribution in [1.82, 2.24) is 0 Å². The minimum absolute atomic E-state index is 0.116. The van der Waals surface area contributed by atoms with Gasteiger partial charge in [0, 0.05) is 34.0 Å². The van der Waals surface area contributed by atoms with Gasteiger partial charge in [0.2, 0.25) is 0 Å². The Morgan fingerprint density at radius 1 is 0.929 bits per heavy atom. The first kappa shape index (κ1) is 19.6. The van der Waals surface area contributed by atoms with E-state index in [9.17, 15) is 9.59 Å². The van der Waals surface area contributed by atoms with Crippen LogP contribution in [0.15, 0.2) is 85.1 Å². The monoisotopic (exact) mass is 389 g/mol. The average molecular weight is 390 g/mol. The molecule has 3 aromatic rings. The van der Waals surface area contributed by atoms with Gasteiger partial charge in [0.25, 0.3) is 0 Å². The summed E-state index contributed by atoms with van der Waals surface area (Å²) in [6.45, 7) is 2.07. The molecule has 3 rings (SSSR count). The van der Waals surface area contributed by atoms with Crippen molar-refractivity contribution in [2.45, 2.75) is 13.3 Å². The molecule has 3 aromatic carbocycles. The first-order chi connectivity index (χ1) is 13.6. The van der Waals surface area contributed by atoms with Crippen molar-refractivity contribution >= 4 is 28.9 Å². The van der Waals surface area contributed by atoms with Crippen LogP contribution in [-0.4, -0.2) is 11.6 Å². The summed E-state index contributed by atoms with van der Waals surface area (Å²) in [6, 6.07) is 21.6. The predicted octanol–water partition coefficient (Wildman–Crippen LogP) is 5.94. The van der Waals surface area contributed by atoms with E-state index in [1.165, 1.54) is 17.8 Å². The molecule has 3 nitrogen and oxygen atoms in total. The van der Waals surface area contributed by atoms with Crippen molar-refractivity contribution in [2.75, 3.05) is 5.32 Å². The highest BCUT2D eigenvalue weighted by Gasteiger charge is 2.13. The summed E-state index contributed by atoms with van der Waals surface area (Å²) >= 11 is 6.09. The van der Waals surface area contributed by atoms with Crippen LogP contribution in [0.1, 0.15) is 38.8 Å². The van der Waals surface area contributed by atoms with Gasteiger partial charge in [0.15, 0.2) is 11.6 Å². The molecule has 0 heterocycles. The third kappa shape index (κ3) is 4.76. The number of nitrogens with one attached hydrogen (secondary N) is 1. The molecular weight excluding hydrogens is 370 g/mol. The molecule has 140 valence electrons. The summed E-state index contributed by atoms with van der Waals surface area (Å²) in [4.78, 5) is 25.1. The molecule has 0 fully saturated rings. The number of aryl methyl sites for hydroxylation is 1. The van der Waals surface area contributed by atoms with E-state index >= 15 is 0 Å². The molecule has 0 unspecified atom stereocenters. The molecule has 0 aromatic heterocycles. The van der Waals surface area contributed by atoms with Gasteiger partial charge in [-0.05, 0) is 30.2 Å². The van der Waals surface area contributed by atoms with Gasteiger partial charge >= 0.3 is 0 Å². The number of carbonyl (C=O) groups is 2. The largest absolute Gasteiger partial charge is 0.361 e. The Labute approximate surface area is 169 Å². The number of hydrogen-bond donors (Lipinski definition) is 1. The predicted molar refractivity (Wildman–Crippen MR) is 114 cm³/mol. The fraction of sp³-hybridized carbons (Fsp3) is 0.0833. The van der Waals surface area contributed by atoms with Crippen LogP contribution in [0.2, 0.25) is 5.02 Å².